The molecule has 0 bridgehead atoms. The van der Waals surface area contributed by atoms with Gasteiger partial charge in [-0.15, -0.1) is 0 Å². The zero-order valence-corrected chi connectivity index (χ0v) is 11.1. The average molecular weight is 227 g/mol. The quantitative estimate of drug-likeness (QED) is 0.751. The molecular weight excluding hydrogens is 202 g/mol. The summed E-state index contributed by atoms with van der Waals surface area (Å²) in [6.07, 6.45) is 0.562. The predicted octanol–water partition coefficient (Wildman–Crippen LogP) is 2.21. The summed E-state index contributed by atoms with van der Waals surface area (Å²) in [5.74, 6) is 1.43. The molecule has 0 aliphatic carbocycles. The van der Waals surface area contributed by atoms with Crippen LogP contribution in [0.4, 0.5) is 0 Å². The van der Waals surface area contributed by atoms with Crippen LogP contribution < -0.4 is 5.32 Å². The van der Waals surface area contributed by atoms with Gasteiger partial charge in [0.05, 0.1) is 6.61 Å². The van der Waals surface area contributed by atoms with Gasteiger partial charge >= 0.3 is 5.97 Å². The van der Waals surface area contributed by atoms with Crippen LogP contribution in [0.5, 0.6) is 0 Å². The van der Waals surface area contributed by atoms with E-state index in [4.69, 9.17) is 4.74 Å². The lowest BCUT2D eigenvalue weighted by molar-refractivity contribution is -0.145. The Kier molecular flexibility index (Phi) is 4.78. The molecule has 0 aromatic heterocycles. The number of nitrogens with one attached hydrogen (secondary N) is 1. The van der Waals surface area contributed by atoms with Gasteiger partial charge in [-0.1, -0.05) is 13.8 Å². The Balaban J connectivity index is 2.63. The summed E-state index contributed by atoms with van der Waals surface area (Å²) in [6.45, 7) is 11.2. The third-order valence-electron chi connectivity index (χ3n) is 4.16. The zero-order chi connectivity index (χ0) is 12.3. The first kappa shape index (κ1) is 13.5. The van der Waals surface area contributed by atoms with Crippen molar-refractivity contribution in [2.45, 2.75) is 53.1 Å². The van der Waals surface area contributed by atoms with E-state index in [1.165, 1.54) is 0 Å². The minimum atomic E-state index is -0.0486. The molecule has 1 aliphatic rings. The first-order valence-electron chi connectivity index (χ1n) is 6.39. The molecule has 0 spiro atoms. The van der Waals surface area contributed by atoms with Crippen molar-refractivity contribution in [1.29, 1.82) is 0 Å². The highest BCUT2D eigenvalue weighted by molar-refractivity contribution is 5.69. The number of piperidine rings is 1. The van der Waals surface area contributed by atoms with Crippen molar-refractivity contribution in [2.75, 3.05) is 6.61 Å². The molecule has 1 saturated heterocycles. The maximum Gasteiger partial charge on any atom is 0.306 e. The third kappa shape index (κ3) is 2.97. The van der Waals surface area contributed by atoms with Gasteiger partial charge in [-0.3, -0.25) is 4.79 Å². The summed E-state index contributed by atoms with van der Waals surface area (Å²) in [5, 5.41) is 3.56. The van der Waals surface area contributed by atoms with E-state index in [0.29, 0.717) is 42.9 Å². The van der Waals surface area contributed by atoms with E-state index < -0.39 is 0 Å². The normalized spacial score (nSPS) is 39.4. The largest absolute Gasteiger partial charge is 0.466 e. The second kappa shape index (κ2) is 5.67. The molecule has 1 heterocycles. The molecule has 1 aliphatic heterocycles. The Morgan fingerprint density at radius 2 is 1.62 bits per heavy atom. The molecular formula is C13H25NO2. The van der Waals surface area contributed by atoms with Crippen molar-refractivity contribution < 1.29 is 9.53 Å². The number of hydrogen-bond donors (Lipinski definition) is 1. The smallest absolute Gasteiger partial charge is 0.306 e. The Morgan fingerprint density at radius 3 is 2.06 bits per heavy atom. The maximum atomic E-state index is 11.6. The van der Waals surface area contributed by atoms with E-state index in [1.54, 1.807) is 0 Å². The van der Waals surface area contributed by atoms with Crippen molar-refractivity contribution in [3.63, 3.8) is 0 Å². The number of carbonyl (C=O) groups is 1. The Morgan fingerprint density at radius 1 is 1.12 bits per heavy atom. The Bertz CT molecular complexity index is 228. The minimum absolute atomic E-state index is 0.0486. The first-order chi connectivity index (χ1) is 7.47. The van der Waals surface area contributed by atoms with Gasteiger partial charge in [-0.2, -0.15) is 0 Å². The standard InChI is InChI=1S/C13H25NO2/c1-6-16-13(15)7-12-8(2)10(4)14-11(5)9(12)3/h8-12,14H,6-7H2,1-5H3/t8-,9-,10+,11+/m0/s1. The lowest BCUT2D eigenvalue weighted by Gasteiger charge is -2.43. The molecule has 4 atom stereocenters. The summed E-state index contributed by atoms with van der Waals surface area (Å²) >= 11 is 0. The zero-order valence-electron chi connectivity index (χ0n) is 11.1. The van der Waals surface area contributed by atoms with Gasteiger partial charge in [0.2, 0.25) is 0 Å². The molecule has 0 unspecified atom stereocenters. The van der Waals surface area contributed by atoms with Gasteiger partial charge in [0.1, 0.15) is 0 Å². The second-order valence-corrected chi connectivity index (χ2v) is 5.14. The first-order valence-corrected chi connectivity index (χ1v) is 6.39. The highest BCUT2D eigenvalue weighted by Crippen LogP contribution is 2.33. The van der Waals surface area contributed by atoms with Gasteiger partial charge in [0.15, 0.2) is 0 Å². The molecule has 1 fully saturated rings. The van der Waals surface area contributed by atoms with Crippen LogP contribution in [-0.2, 0) is 9.53 Å². The van der Waals surface area contributed by atoms with E-state index in [1.807, 2.05) is 6.92 Å². The monoisotopic (exact) mass is 227 g/mol. The van der Waals surface area contributed by atoms with Crippen molar-refractivity contribution in [3.05, 3.63) is 0 Å². The predicted molar refractivity (Wildman–Crippen MR) is 65.1 cm³/mol. The summed E-state index contributed by atoms with van der Waals surface area (Å²) < 4.78 is 5.05. The average Bonchev–Trinajstić information content (AvgIpc) is 2.22. The van der Waals surface area contributed by atoms with Crippen LogP contribution in [0.25, 0.3) is 0 Å². The van der Waals surface area contributed by atoms with Crippen LogP contribution in [0.1, 0.15) is 41.0 Å². The molecule has 0 aromatic rings. The fourth-order valence-electron chi connectivity index (χ4n) is 2.72. The minimum Gasteiger partial charge on any atom is -0.466 e. The third-order valence-corrected chi connectivity index (χ3v) is 4.16. The number of rotatable bonds is 3. The van der Waals surface area contributed by atoms with Crippen molar-refractivity contribution >= 4 is 5.97 Å². The van der Waals surface area contributed by atoms with Crippen molar-refractivity contribution in [2.24, 2.45) is 17.8 Å². The molecule has 0 saturated carbocycles. The number of hydrogen-bond acceptors (Lipinski definition) is 3. The van der Waals surface area contributed by atoms with E-state index in [0.717, 1.165) is 0 Å². The lowest BCUT2D eigenvalue weighted by atomic mass is 9.71. The molecule has 0 amide bonds. The topological polar surface area (TPSA) is 38.3 Å². The number of ether oxygens (including phenoxy) is 1. The van der Waals surface area contributed by atoms with Gasteiger partial charge in [-0.25, -0.2) is 0 Å². The second-order valence-electron chi connectivity index (χ2n) is 5.14. The maximum absolute atomic E-state index is 11.6. The van der Waals surface area contributed by atoms with Crippen LogP contribution >= 0.6 is 0 Å². The van der Waals surface area contributed by atoms with Gasteiger partial charge in [-0.05, 0) is 38.5 Å². The van der Waals surface area contributed by atoms with E-state index in [-0.39, 0.29) is 5.97 Å². The molecule has 3 nitrogen and oxygen atoms in total. The van der Waals surface area contributed by atoms with Crippen LogP contribution in [0.15, 0.2) is 0 Å². The van der Waals surface area contributed by atoms with Crippen molar-refractivity contribution in [1.82, 2.24) is 5.32 Å². The summed E-state index contributed by atoms with van der Waals surface area (Å²) in [6, 6.07) is 0.955. The van der Waals surface area contributed by atoms with Crippen LogP contribution in [0.2, 0.25) is 0 Å². The summed E-state index contributed by atoms with van der Waals surface area (Å²) in [7, 11) is 0. The molecule has 94 valence electrons. The summed E-state index contributed by atoms with van der Waals surface area (Å²) in [4.78, 5) is 11.6. The van der Waals surface area contributed by atoms with Crippen molar-refractivity contribution in [3.8, 4) is 0 Å². The fourth-order valence-corrected chi connectivity index (χ4v) is 2.72. The van der Waals surface area contributed by atoms with E-state index in [2.05, 4.69) is 33.0 Å². The highest BCUT2D eigenvalue weighted by atomic mass is 16.5. The molecule has 0 radical (unpaired) electrons. The van der Waals surface area contributed by atoms with Crippen LogP contribution in [0, 0.1) is 17.8 Å². The number of esters is 1. The van der Waals surface area contributed by atoms with E-state index >= 15 is 0 Å². The van der Waals surface area contributed by atoms with Crippen LogP contribution in [0.3, 0.4) is 0 Å². The SMILES string of the molecule is CCOC(=O)CC1[C@@H](C)[C@@H](C)N[C@H](C)[C@@H]1C. The van der Waals surface area contributed by atoms with Gasteiger partial charge in [0.25, 0.3) is 0 Å². The number of carbonyl (C=O) groups excluding carboxylic acids is 1. The van der Waals surface area contributed by atoms with Crippen LogP contribution in [-0.4, -0.2) is 24.7 Å². The molecule has 1 N–H and O–H groups in total. The Hall–Kier alpha value is -0.570. The molecule has 3 heteroatoms. The fraction of sp³-hybridized carbons (Fsp3) is 0.923. The molecule has 0 aromatic carbocycles. The molecule has 16 heavy (non-hydrogen) atoms. The lowest BCUT2D eigenvalue weighted by Crippen LogP contribution is -2.53. The van der Waals surface area contributed by atoms with Gasteiger partial charge in [0, 0.05) is 18.5 Å². The van der Waals surface area contributed by atoms with E-state index in [9.17, 15) is 4.79 Å². The highest BCUT2D eigenvalue weighted by Gasteiger charge is 2.37. The van der Waals surface area contributed by atoms with Gasteiger partial charge < -0.3 is 10.1 Å². The molecule has 1 rings (SSSR count). The summed E-state index contributed by atoms with van der Waals surface area (Å²) in [5.41, 5.74) is 0. The Labute approximate surface area is 98.9 Å².